The lowest BCUT2D eigenvalue weighted by molar-refractivity contribution is 0.0583. The summed E-state index contributed by atoms with van der Waals surface area (Å²) in [6, 6.07) is 7.67. The number of aryl methyl sites for hydroxylation is 1. The van der Waals surface area contributed by atoms with Crippen LogP contribution in [0.3, 0.4) is 0 Å². The van der Waals surface area contributed by atoms with Crippen molar-refractivity contribution in [2.75, 3.05) is 19.5 Å². The molecule has 0 unspecified atom stereocenters. The SMILES string of the molecule is CCCBr.CCCn1c(C(=O)OC)cc2ccsc21.COC(=O)c1cc2ccsc2[nH]1. The van der Waals surface area contributed by atoms with Crippen LogP contribution in [-0.2, 0) is 16.0 Å². The molecule has 0 aromatic carbocycles. The number of rotatable bonds is 5. The fraction of sp³-hybridized carbons (Fsp3) is 0.364. The quantitative estimate of drug-likeness (QED) is 0.231. The highest BCUT2D eigenvalue weighted by Gasteiger charge is 2.15. The number of aromatic nitrogens is 2. The third kappa shape index (κ3) is 6.44. The number of thiophene rings is 2. The Bertz CT molecular complexity index is 1080. The van der Waals surface area contributed by atoms with Crippen molar-refractivity contribution in [1.29, 1.82) is 0 Å². The van der Waals surface area contributed by atoms with E-state index in [2.05, 4.69) is 39.5 Å². The van der Waals surface area contributed by atoms with Crippen molar-refractivity contribution in [3.05, 3.63) is 46.4 Å². The van der Waals surface area contributed by atoms with Gasteiger partial charge >= 0.3 is 11.9 Å². The van der Waals surface area contributed by atoms with Crippen LogP contribution in [0.15, 0.2) is 35.0 Å². The van der Waals surface area contributed by atoms with Crippen molar-refractivity contribution >= 4 is 71.0 Å². The van der Waals surface area contributed by atoms with Gasteiger partial charge in [-0.25, -0.2) is 9.59 Å². The topological polar surface area (TPSA) is 73.3 Å². The molecule has 4 heterocycles. The molecule has 0 aliphatic rings. The molecule has 0 atom stereocenters. The Balaban J connectivity index is 0.000000192. The number of halogens is 1. The lowest BCUT2D eigenvalue weighted by Crippen LogP contribution is -2.09. The Labute approximate surface area is 198 Å². The molecular formula is C22H27BrN2O4S2. The van der Waals surface area contributed by atoms with Crippen LogP contribution in [0.2, 0.25) is 0 Å². The van der Waals surface area contributed by atoms with Crippen LogP contribution in [0.25, 0.3) is 20.4 Å². The Hall–Kier alpha value is -2.10. The molecule has 0 radical (unpaired) electrons. The number of hydrogen-bond donors (Lipinski definition) is 1. The number of carbonyl (C=O) groups is 2. The summed E-state index contributed by atoms with van der Waals surface area (Å²) in [7, 11) is 2.79. The van der Waals surface area contributed by atoms with Gasteiger partial charge < -0.3 is 19.0 Å². The summed E-state index contributed by atoms with van der Waals surface area (Å²) in [5.74, 6) is -0.578. The molecule has 0 fully saturated rings. The van der Waals surface area contributed by atoms with Crippen LogP contribution < -0.4 is 0 Å². The summed E-state index contributed by atoms with van der Waals surface area (Å²) in [5, 5.41) is 7.32. The Morgan fingerprint density at radius 2 is 1.65 bits per heavy atom. The maximum atomic E-state index is 11.5. The monoisotopic (exact) mass is 526 g/mol. The van der Waals surface area contributed by atoms with Gasteiger partial charge in [-0.1, -0.05) is 29.8 Å². The maximum Gasteiger partial charge on any atom is 0.354 e. The maximum absolute atomic E-state index is 11.5. The van der Waals surface area contributed by atoms with Gasteiger partial charge in [0.05, 0.1) is 14.2 Å². The van der Waals surface area contributed by atoms with Gasteiger partial charge in [-0.2, -0.15) is 0 Å². The van der Waals surface area contributed by atoms with Gasteiger partial charge in [-0.05, 0) is 47.9 Å². The number of carbonyl (C=O) groups excluding carboxylic acids is 2. The molecule has 4 aromatic rings. The molecule has 0 saturated carbocycles. The van der Waals surface area contributed by atoms with Gasteiger partial charge in [-0.15, -0.1) is 22.7 Å². The van der Waals surface area contributed by atoms with E-state index < -0.39 is 0 Å². The van der Waals surface area contributed by atoms with E-state index in [1.807, 2.05) is 33.5 Å². The molecule has 0 aliphatic heterocycles. The zero-order chi connectivity index (χ0) is 22.8. The molecule has 0 aliphatic carbocycles. The van der Waals surface area contributed by atoms with E-state index in [-0.39, 0.29) is 11.9 Å². The first-order chi connectivity index (χ1) is 15.0. The summed E-state index contributed by atoms with van der Waals surface area (Å²) in [6.07, 6.45) is 2.24. The van der Waals surface area contributed by atoms with Gasteiger partial charge in [0, 0.05) is 22.6 Å². The molecule has 0 spiro atoms. The second-order valence-corrected chi connectivity index (χ2v) is 9.03. The standard InChI is InChI=1S/C11H13NO2S.C8H7NO2S.C3H7Br/c1-3-5-12-9(11(13)14-2)7-8-4-6-15-10(8)12;1-11-8(10)6-4-5-2-3-12-7(5)9-6;1-2-3-4/h4,6-7H,3,5H2,1-2H3;2-4,9H,1H3;2-3H2,1H3. The van der Waals surface area contributed by atoms with E-state index in [1.165, 1.54) is 20.6 Å². The van der Waals surface area contributed by atoms with E-state index in [9.17, 15) is 9.59 Å². The zero-order valence-corrected chi connectivity index (χ0v) is 21.3. The summed E-state index contributed by atoms with van der Waals surface area (Å²) >= 11 is 6.48. The van der Waals surface area contributed by atoms with E-state index in [0.29, 0.717) is 11.4 Å². The smallest absolute Gasteiger partial charge is 0.354 e. The molecular weight excluding hydrogens is 500 g/mol. The molecule has 6 nitrogen and oxygen atoms in total. The van der Waals surface area contributed by atoms with Crippen LogP contribution in [0, 0.1) is 0 Å². The minimum absolute atomic E-state index is 0.258. The molecule has 4 aromatic heterocycles. The molecule has 9 heteroatoms. The van der Waals surface area contributed by atoms with Crippen LogP contribution in [0.4, 0.5) is 0 Å². The van der Waals surface area contributed by atoms with Gasteiger partial charge in [0.2, 0.25) is 0 Å². The number of hydrogen-bond acceptors (Lipinski definition) is 6. The second kappa shape index (κ2) is 12.7. The number of methoxy groups -OCH3 is 2. The van der Waals surface area contributed by atoms with Gasteiger partial charge in [0.15, 0.2) is 0 Å². The number of ether oxygens (including phenoxy) is 2. The van der Waals surface area contributed by atoms with Gasteiger partial charge in [0.25, 0.3) is 0 Å². The van der Waals surface area contributed by atoms with E-state index in [1.54, 1.807) is 28.7 Å². The third-order valence-electron chi connectivity index (χ3n) is 4.18. The summed E-state index contributed by atoms with van der Waals surface area (Å²) in [4.78, 5) is 27.7. The number of esters is 2. The van der Waals surface area contributed by atoms with Crippen LogP contribution >= 0.6 is 38.6 Å². The second-order valence-electron chi connectivity index (χ2n) is 6.42. The highest BCUT2D eigenvalue weighted by Crippen LogP contribution is 2.26. The Kier molecular flexibility index (Phi) is 10.3. The first-order valence-electron chi connectivity index (χ1n) is 9.86. The molecule has 168 valence electrons. The first kappa shape index (κ1) is 25.2. The molecule has 0 amide bonds. The van der Waals surface area contributed by atoms with Crippen LogP contribution in [0.5, 0.6) is 0 Å². The van der Waals surface area contributed by atoms with Gasteiger partial charge in [0.1, 0.15) is 21.0 Å². The third-order valence-corrected chi connectivity index (χ3v) is 6.77. The highest BCUT2D eigenvalue weighted by molar-refractivity contribution is 9.09. The zero-order valence-electron chi connectivity index (χ0n) is 18.1. The van der Waals surface area contributed by atoms with Crippen molar-refractivity contribution in [3.8, 4) is 0 Å². The molecule has 1 N–H and O–H groups in total. The fourth-order valence-corrected chi connectivity index (χ4v) is 4.47. The number of nitrogens with zero attached hydrogens (tertiary/aromatic N) is 1. The van der Waals surface area contributed by atoms with E-state index >= 15 is 0 Å². The molecule has 31 heavy (non-hydrogen) atoms. The summed E-state index contributed by atoms with van der Waals surface area (Å²) in [5.41, 5.74) is 1.17. The minimum atomic E-state index is -0.321. The molecule has 0 saturated heterocycles. The molecule has 0 bridgehead atoms. The van der Waals surface area contributed by atoms with Crippen molar-refractivity contribution in [1.82, 2.24) is 9.55 Å². The number of fused-ring (bicyclic) bond motifs is 2. The molecule has 4 rings (SSSR count). The predicted molar refractivity (Wildman–Crippen MR) is 133 cm³/mol. The van der Waals surface area contributed by atoms with Crippen molar-refractivity contribution in [2.45, 2.75) is 33.2 Å². The summed E-state index contributed by atoms with van der Waals surface area (Å²) in [6.45, 7) is 5.09. The average Bonchev–Trinajstić information content (AvgIpc) is 3.55. The normalized spacial score (nSPS) is 10.2. The lowest BCUT2D eigenvalue weighted by Gasteiger charge is -2.06. The highest BCUT2D eigenvalue weighted by atomic mass is 79.9. The number of alkyl halides is 1. The largest absolute Gasteiger partial charge is 0.464 e. The van der Waals surface area contributed by atoms with E-state index in [0.717, 1.165) is 38.7 Å². The fourth-order valence-electron chi connectivity index (χ4n) is 2.76. The van der Waals surface area contributed by atoms with Crippen molar-refractivity contribution < 1.29 is 19.1 Å². The van der Waals surface area contributed by atoms with Crippen LogP contribution in [-0.4, -0.2) is 41.0 Å². The Morgan fingerprint density at radius 1 is 1.00 bits per heavy atom. The van der Waals surface area contributed by atoms with Crippen molar-refractivity contribution in [3.63, 3.8) is 0 Å². The number of H-pyrrole nitrogens is 1. The summed E-state index contributed by atoms with van der Waals surface area (Å²) < 4.78 is 11.4. The van der Waals surface area contributed by atoms with Crippen LogP contribution in [0.1, 0.15) is 47.7 Å². The number of aromatic amines is 1. The van der Waals surface area contributed by atoms with E-state index in [4.69, 9.17) is 4.74 Å². The minimum Gasteiger partial charge on any atom is -0.464 e. The predicted octanol–water partition coefficient (Wildman–Crippen LogP) is 6.71. The van der Waals surface area contributed by atoms with Gasteiger partial charge in [-0.3, -0.25) is 0 Å². The lowest BCUT2D eigenvalue weighted by atomic mass is 10.3. The number of nitrogens with one attached hydrogen (secondary N) is 1. The average molecular weight is 528 g/mol. The Morgan fingerprint density at radius 3 is 2.23 bits per heavy atom. The first-order valence-corrected chi connectivity index (χ1v) is 12.7. The van der Waals surface area contributed by atoms with Crippen molar-refractivity contribution in [2.24, 2.45) is 0 Å².